The molecule has 0 aromatic carbocycles. The van der Waals surface area contributed by atoms with Gasteiger partial charge in [-0.15, -0.1) is 0 Å². The van der Waals surface area contributed by atoms with E-state index in [0.29, 0.717) is 12.1 Å². The minimum atomic E-state index is -0.565. The van der Waals surface area contributed by atoms with Gasteiger partial charge in [0, 0.05) is 35.7 Å². The standard InChI is InChI=1S/C29H42N4O3/c1-19-16-25(20(2)32(19)22-10-8-6-7-9-11-22)27(34)33(23-12-13-23)24-14-15-26-21(17-24)18-31(30-26)28(35)36-29(3,4)5/h16,18,22-24H,6-15,17H2,1-5H3. The highest BCUT2D eigenvalue weighted by Gasteiger charge is 2.40. The Morgan fingerprint density at radius 3 is 2.33 bits per heavy atom. The van der Waals surface area contributed by atoms with Crippen molar-refractivity contribution >= 4 is 12.0 Å². The number of aromatic nitrogens is 3. The third-order valence-corrected chi connectivity index (χ3v) is 8.10. The number of carbonyl (C=O) groups excluding carboxylic acids is 2. The first-order valence-corrected chi connectivity index (χ1v) is 13.9. The summed E-state index contributed by atoms with van der Waals surface area (Å²) in [5, 5.41) is 4.52. The molecule has 1 unspecified atom stereocenters. The lowest BCUT2D eigenvalue weighted by molar-refractivity contribution is 0.0513. The minimum absolute atomic E-state index is 0.134. The summed E-state index contributed by atoms with van der Waals surface area (Å²) in [5.41, 5.74) is 4.65. The van der Waals surface area contributed by atoms with Gasteiger partial charge in [0.1, 0.15) is 5.60 Å². The molecular formula is C29H42N4O3. The smallest absolute Gasteiger partial charge is 0.435 e. The van der Waals surface area contributed by atoms with Crippen LogP contribution in [0.4, 0.5) is 4.79 Å². The van der Waals surface area contributed by atoms with E-state index in [9.17, 15) is 9.59 Å². The van der Waals surface area contributed by atoms with E-state index in [-0.39, 0.29) is 11.9 Å². The van der Waals surface area contributed by atoms with Gasteiger partial charge in [0.2, 0.25) is 0 Å². The number of carbonyl (C=O) groups is 2. The molecule has 0 radical (unpaired) electrons. The van der Waals surface area contributed by atoms with Crippen LogP contribution in [0.25, 0.3) is 0 Å². The third-order valence-electron chi connectivity index (χ3n) is 8.10. The molecule has 2 fully saturated rings. The van der Waals surface area contributed by atoms with Crippen molar-refractivity contribution in [1.29, 1.82) is 0 Å². The number of rotatable bonds is 4. The molecule has 7 heteroatoms. The van der Waals surface area contributed by atoms with Gasteiger partial charge < -0.3 is 14.2 Å². The van der Waals surface area contributed by atoms with Gasteiger partial charge in [-0.3, -0.25) is 4.79 Å². The van der Waals surface area contributed by atoms with Crippen LogP contribution >= 0.6 is 0 Å². The summed E-state index contributed by atoms with van der Waals surface area (Å²) >= 11 is 0. The van der Waals surface area contributed by atoms with Crippen molar-refractivity contribution < 1.29 is 14.3 Å². The van der Waals surface area contributed by atoms with Crippen LogP contribution in [-0.2, 0) is 17.6 Å². The fourth-order valence-corrected chi connectivity index (χ4v) is 6.32. The van der Waals surface area contributed by atoms with E-state index in [2.05, 4.69) is 34.5 Å². The monoisotopic (exact) mass is 494 g/mol. The molecule has 3 aliphatic carbocycles. The number of amides is 1. The maximum absolute atomic E-state index is 14.1. The molecule has 1 atom stereocenters. The second-order valence-corrected chi connectivity index (χ2v) is 12.2. The van der Waals surface area contributed by atoms with E-state index in [4.69, 9.17) is 4.74 Å². The van der Waals surface area contributed by atoms with Crippen molar-refractivity contribution in [3.63, 3.8) is 0 Å². The van der Waals surface area contributed by atoms with Gasteiger partial charge in [0.05, 0.1) is 11.3 Å². The molecule has 0 spiro atoms. The molecule has 2 heterocycles. The number of nitrogens with zero attached hydrogens (tertiary/aromatic N) is 4. The van der Waals surface area contributed by atoms with Gasteiger partial charge in [-0.25, -0.2) is 4.79 Å². The second-order valence-electron chi connectivity index (χ2n) is 12.2. The average molecular weight is 495 g/mol. The molecule has 0 aliphatic heterocycles. The largest absolute Gasteiger partial charge is 0.442 e. The van der Waals surface area contributed by atoms with E-state index >= 15 is 0 Å². The summed E-state index contributed by atoms with van der Waals surface area (Å²) in [6.07, 6.45) is 13.5. The molecule has 2 aromatic rings. The number of ether oxygens (including phenoxy) is 1. The third kappa shape index (κ3) is 5.12. The Labute approximate surface area is 215 Å². The van der Waals surface area contributed by atoms with Gasteiger partial charge in [0.15, 0.2) is 0 Å². The topological polar surface area (TPSA) is 69.4 Å². The molecule has 3 aliphatic rings. The van der Waals surface area contributed by atoms with Gasteiger partial charge in [-0.2, -0.15) is 9.78 Å². The number of aryl methyl sites for hydroxylation is 2. The Bertz CT molecular complexity index is 1130. The van der Waals surface area contributed by atoms with E-state index in [1.54, 1.807) is 0 Å². The zero-order chi connectivity index (χ0) is 25.6. The van der Waals surface area contributed by atoms with Gasteiger partial charge in [0.25, 0.3) is 5.91 Å². The van der Waals surface area contributed by atoms with Crippen molar-refractivity contribution in [3.8, 4) is 0 Å². The van der Waals surface area contributed by atoms with E-state index < -0.39 is 11.7 Å². The van der Waals surface area contributed by atoms with Gasteiger partial charge >= 0.3 is 6.09 Å². The Kier molecular flexibility index (Phi) is 6.77. The van der Waals surface area contributed by atoms with E-state index in [0.717, 1.165) is 54.6 Å². The van der Waals surface area contributed by atoms with Crippen LogP contribution in [0.15, 0.2) is 12.3 Å². The van der Waals surface area contributed by atoms with Crippen LogP contribution in [0.2, 0.25) is 0 Å². The Balaban J connectivity index is 1.36. The average Bonchev–Trinajstić information content (AvgIpc) is 3.53. The van der Waals surface area contributed by atoms with E-state index in [1.807, 2.05) is 27.0 Å². The molecule has 7 nitrogen and oxygen atoms in total. The van der Waals surface area contributed by atoms with Crippen LogP contribution < -0.4 is 0 Å². The molecule has 196 valence electrons. The summed E-state index contributed by atoms with van der Waals surface area (Å²) in [6.45, 7) is 9.87. The quantitative estimate of drug-likeness (QED) is 0.479. The predicted molar refractivity (Wildman–Crippen MR) is 140 cm³/mol. The van der Waals surface area contributed by atoms with E-state index in [1.165, 1.54) is 48.9 Å². The fraction of sp³-hybridized carbons (Fsp3) is 0.690. The minimum Gasteiger partial charge on any atom is -0.442 e. The first kappa shape index (κ1) is 25.1. The molecular weight excluding hydrogens is 452 g/mol. The lowest BCUT2D eigenvalue weighted by Gasteiger charge is -2.34. The predicted octanol–water partition coefficient (Wildman–Crippen LogP) is 6.14. The van der Waals surface area contributed by atoms with Crippen molar-refractivity contribution in [2.45, 2.75) is 129 Å². The first-order valence-electron chi connectivity index (χ1n) is 13.9. The Morgan fingerprint density at radius 1 is 1.00 bits per heavy atom. The van der Waals surface area contributed by atoms with Gasteiger partial charge in [-0.1, -0.05) is 25.7 Å². The molecule has 36 heavy (non-hydrogen) atoms. The molecule has 2 saturated carbocycles. The maximum Gasteiger partial charge on any atom is 0.435 e. The highest BCUT2D eigenvalue weighted by molar-refractivity contribution is 5.96. The van der Waals surface area contributed by atoms with Crippen molar-refractivity contribution in [2.24, 2.45) is 0 Å². The zero-order valence-electron chi connectivity index (χ0n) is 22.7. The van der Waals surface area contributed by atoms with Crippen LogP contribution in [0.3, 0.4) is 0 Å². The van der Waals surface area contributed by atoms with Gasteiger partial charge in [-0.05, 0) is 91.2 Å². The van der Waals surface area contributed by atoms with Crippen LogP contribution in [0.1, 0.15) is 118 Å². The number of fused-ring (bicyclic) bond motifs is 1. The highest BCUT2D eigenvalue weighted by atomic mass is 16.6. The zero-order valence-corrected chi connectivity index (χ0v) is 22.7. The Hall–Kier alpha value is -2.57. The molecule has 0 N–H and O–H groups in total. The van der Waals surface area contributed by atoms with Crippen molar-refractivity contribution in [1.82, 2.24) is 19.2 Å². The summed E-state index contributed by atoms with van der Waals surface area (Å²) < 4.78 is 9.29. The fourth-order valence-electron chi connectivity index (χ4n) is 6.32. The summed E-state index contributed by atoms with van der Waals surface area (Å²) in [5.74, 6) is 0.179. The SMILES string of the molecule is Cc1cc(C(=O)N(C2CC2)C2CCc3nn(C(=O)OC(C)(C)C)cc3C2)c(C)n1C1CCCCCC1. The van der Waals surface area contributed by atoms with Crippen molar-refractivity contribution in [3.05, 3.63) is 40.5 Å². The summed E-state index contributed by atoms with van der Waals surface area (Å²) in [7, 11) is 0. The number of hydrogen-bond acceptors (Lipinski definition) is 4. The Morgan fingerprint density at radius 2 is 1.69 bits per heavy atom. The number of hydrogen-bond donors (Lipinski definition) is 0. The molecule has 5 rings (SSSR count). The second kappa shape index (κ2) is 9.71. The van der Waals surface area contributed by atoms with Crippen LogP contribution in [0.5, 0.6) is 0 Å². The highest BCUT2D eigenvalue weighted by Crippen LogP contribution is 2.37. The summed E-state index contributed by atoms with van der Waals surface area (Å²) in [4.78, 5) is 28.8. The lowest BCUT2D eigenvalue weighted by atomic mass is 9.91. The van der Waals surface area contributed by atoms with Crippen LogP contribution in [0, 0.1) is 13.8 Å². The molecule has 0 saturated heterocycles. The first-order chi connectivity index (χ1) is 17.1. The lowest BCUT2D eigenvalue weighted by Crippen LogP contribution is -2.45. The molecule has 0 bridgehead atoms. The molecule has 2 aromatic heterocycles. The van der Waals surface area contributed by atoms with Crippen LogP contribution in [-0.4, -0.2) is 48.9 Å². The normalized spacial score (nSPS) is 21.1. The summed E-state index contributed by atoms with van der Waals surface area (Å²) in [6, 6.07) is 3.10. The maximum atomic E-state index is 14.1. The molecule has 1 amide bonds. The van der Waals surface area contributed by atoms with Crippen molar-refractivity contribution in [2.75, 3.05) is 0 Å².